The van der Waals surface area contributed by atoms with Crippen LogP contribution in [-0.2, 0) is 11.2 Å². The molecule has 1 aromatic carbocycles. The van der Waals surface area contributed by atoms with Crippen molar-refractivity contribution in [1.29, 1.82) is 0 Å². The van der Waals surface area contributed by atoms with E-state index < -0.39 is 0 Å². The van der Waals surface area contributed by atoms with Crippen LogP contribution in [0.1, 0.15) is 12.5 Å². The first-order valence-corrected chi connectivity index (χ1v) is 8.52. The lowest BCUT2D eigenvalue weighted by atomic mass is 10.1. The van der Waals surface area contributed by atoms with E-state index in [1.165, 1.54) is 5.56 Å². The Kier molecular flexibility index (Phi) is 7.34. The quantitative estimate of drug-likeness (QED) is 0.822. The third-order valence-electron chi connectivity index (χ3n) is 4.32. The topological polar surface area (TPSA) is 54.0 Å². The molecule has 134 valence electrons. The third kappa shape index (κ3) is 5.69. The van der Waals surface area contributed by atoms with Crippen LogP contribution < -0.4 is 10.1 Å². The van der Waals surface area contributed by atoms with Crippen molar-refractivity contribution in [1.82, 2.24) is 15.1 Å². The SMILES string of the molecule is COC[C@@H](C)NC(=O)N1CCN(CCc2ccc(OC)cc2)CC1. The maximum atomic E-state index is 12.2. The first kappa shape index (κ1) is 18.5. The molecule has 1 heterocycles. The monoisotopic (exact) mass is 335 g/mol. The summed E-state index contributed by atoms with van der Waals surface area (Å²) in [7, 11) is 3.32. The third-order valence-corrected chi connectivity index (χ3v) is 4.32. The molecule has 2 rings (SSSR count). The van der Waals surface area contributed by atoms with Crippen molar-refractivity contribution in [3.05, 3.63) is 29.8 Å². The number of benzene rings is 1. The van der Waals surface area contributed by atoms with E-state index in [1.54, 1.807) is 14.2 Å². The van der Waals surface area contributed by atoms with Crippen LogP contribution >= 0.6 is 0 Å². The van der Waals surface area contributed by atoms with Gasteiger partial charge in [-0.15, -0.1) is 0 Å². The maximum Gasteiger partial charge on any atom is 0.317 e. The van der Waals surface area contributed by atoms with Crippen LogP contribution in [-0.4, -0.2) is 75.4 Å². The molecular weight excluding hydrogens is 306 g/mol. The Labute approximate surface area is 144 Å². The lowest BCUT2D eigenvalue weighted by Gasteiger charge is -2.35. The maximum absolute atomic E-state index is 12.2. The van der Waals surface area contributed by atoms with Gasteiger partial charge in [0.05, 0.1) is 19.8 Å². The van der Waals surface area contributed by atoms with Crippen molar-refractivity contribution in [2.75, 3.05) is 53.6 Å². The van der Waals surface area contributed by atoms with Gasteiger partial charge in [0.2, 0.25) is 0 Å². The molecule has 1 aromatic rings. The van der Waals surface area contributed by atoms with E-state index in [1.807, 2.05) is 24.0 Å². The zero-order valence-corrected chi connectivity index (χ0v) is 15.0. The number of methoxy groups -OCH3 is 2. The van der Waals surface area contributed by atoms with E-state index in [4.69, 9.17) is 9.47 Å². The van der Waals surface area contributed by atoms with Gasteiger partial charge in [0.1, 0.15) is 5.75 Å². The predicted octanol–water partition coefficient (Wildman–Crippen LogP) is 1.60. The molecule has 0 spiro atoms. The molecule has 1 fully saturated rings. The molecular formula is C18H29N3O3. The highest BCUT2D eigenvalue weighted by molar-refractivity contribution is 5.74. The summed E-state index contributed by atoms with van der Waals surface area (Å²) >= 11 is 0. The molecule has 6 nitrogen and oxygen atoms in total. The van der Waals surface area contributed by atoms with Crippen molar-refractivity contribution in [2.45, 2.75) is 19.4 Å². The second-order valence-corrected chi connectivity index (χ2v) is 6.23. The Morgan fingerprint density at radius 3 is 2.42 bits per heavy atom. The normalized spacial score (nSPS) is 16.7. The summed E-state index contributed by atoms with van der Waals surface area (Å²) in [5.41, 5.74) is 1.31. The van der Waals surface area contributed by atoms with E-state index in [0.717, 1.165) is 44.9 Å². The molecule has 0 aromatic heterocycles. The summed E-state index contributed by atoms with van der Waals surface area (Å²) in [6.45, 7) is 6.88. The minimum Gasteiger partial charge on any atom is -0.497 e. The van der Waals surface area contributed by atoms with Crippen molar-refractivity contribution in [3.63, 3.8) is 0 Å². The lowest BCUT2D eigenvalue weighted by molar-refractivity contribution is 0.129. The van der Waals surface area contributed by atoms with Gasteiger partial charge < -0.3 is 19.7 Å². The van der Waals surface area contributed by atoms with Crippen LogP contribution in [0.25, 0.3) is 0 Å². The van der Waals surface area contributed by atoms with Gasteiger partial charge in [-0.2, -0.15) is 0 Å². The van der Waals surface area contributed by atoms with Crippen LogP contribution in [0.2, 0.25) is 0 Å². The smallest absolute Gasteiger partial charge is 0.317 e. The molecule has 1 aliphatic rings. The molecule has 0 aliphatic carbocycles. The first-order chi connectivity index (χ1) is 11.6. The number of carbonyl (C=O) groups excluding carboxylic acids is 1. The van der Waals surface area contributed by atoms with E-state index in [9.17, 15) is 4.79 Å². The number of hydrogen-bond donors (Lipinski definition) is 1. The molecule has 2 amide bonds. The van der Waals surface area contributed by atoms with Crippen LogP contribution in [0.5, 0.6) is 5.75 Å². The highest BCUT2D eigenvalue weighted by atomic mass is 16.5. The predicted molar refractivity (Wildman–Crippen MR) is 94.6 cm³/mol. The van der Waals surface area contributed by atoms with Crippen molar-refractivity contribution in [2.24, 2.45) is 0 Å². The second-order valence-electron chi connectivity index (χ2n) is 6.23. The van der Waals surface area contributed by atoms with Crippen LogP contribution in [0.4, 0.5) is 4.79 Å². The number of rotatable bonds is 7. The summed E-state index contributed by atoms with van der Waals surface area (Å²) in [4.78, 5) is 16.5. The van der Waals surface area contributed by atoms with Crippen LogP contribution in [0.15, 0.2) is 24.3 Å². The highest BCUT2D eigenvalue weighted by Gasteiger charge is 2.21. The zero-order valence-electron chi connectivity index (χ0n) is 15.0. The molecule has 1 aliphatic heterocycles. The van der Waals surface area contributed by atoms with Gasteiger partial charge in [-0.1, -0.05) is 12.1 Å². The average Bonchev–Trinajstić information content (AvgIpc) is 2.61. The van der Waals surface area contributed by atoms with E-state index in [2.05, 4.69) is 22.3 Å². The number of ether oxygens (including phenoxy) is 2. The van der Waals surface area contributed by atoms with E-state index in [0.29, 0.717) is 6.61 Å². The highest BCUT2D eigenvalue weighted by Crippen LogP contribution is 2.12. The van der Waals surface area contributed by atoms with Crippen molar-refractivity contribution < 1.29 is 14.3 Å². The summed E-state index contributed by atoms with van der Waals surface area (Å²) in [5.74, 6) is 0.890. The summed E-state index contributed by atoms with van der Waals surface area (Å²) in [6.07, 6.45) is 1.01. The number of amides is 2. The van der Waals surface area contributed by atoms with Gasteiger partial charge in [-0.25, -0.2) is 4.79 Å². The fourth-order valence-corrected chi connectivity index (χ4v) is 2.85. The van der Waals surface area contributed by atoms with E-state index in [-0.39, 0.29) is 12.1 Å². The Bertz CT molecular complexity index is 499. The number of nitrogens with zero attached hydrogens (tertiary/aromatic N) is 2. The van der Waals surface area contributed by atoms with Gasteiger partial charge in [0, 0.05) is 39.8 Å². The Hall–Kier alpha value is -1.79. The van der Waals surface area contributed by atoms with Crippen molar-refractivity contribution >= 4 is 6.03 Å². The largest absolute Gasteiger partial charge is 0.497 e. The molecule has 6 heteroatoms. The summed E-state index contributed by atoms with van der Waals surface area (Å²) in [5, 5.41) is 2.97. The van der Waals surface area contributed by atoms with Gasteiger partial charge in [0.25, 0.3) is 0 Å². The number of hydrogen-bond acceptors (Lipinski definition) is 4. The number of urea groups is 1. The number of piperazine rings is 1. The van der Waals surface area contributed by atoms with Gasteiger partial charge in [-0.3, -0.25) is 4.90 Å². The molecule has 0 bridgehead atoms. The first-order valence-electron chi connectivity index (χ1n) is 8.52. The summed E-state index contributed by atoms with van der Waals surface area (Å²) in [6, 6.07) is 8.27. The van der Waals surface area contributed by atoms with E-state index >= 15 is 0 Å². The van der Waals surface area contributed by atoms with Gasteiger partial charge in [-0.05, 0) is 31.0 Å². The Balaban J connectivity index is 1.69. The molecule has 1 N–H and O–H groups in total. The zero-order chi connectivity index (χ0) is 17.4. The molecule has 1 atom stereocenters. The van der Waals surface area contributed by atoms with Crippen LogP contribution in [0, 0.1) is 0 Å². The average molecular weight is 335 g/mol. The Morgan fingerprint density at radius 1 is 1.17 bits per heavy atom. The lowest BCUT2D eigenvalue weighted by Crippen LogP contribution is -2.53. The fraction of sp³-hybridized carbons (Fsp3) is 0.611. The molecule has 0 radical (unpaired) electrons. The molecule has 24 heavy (non-hydrogen) atoms. The van der Waals surface area contributed by atoms with Gasteiger partial charge >= 0.3 is 6.03 Å². The second kappa shape index (κ2) is 9.49. The standard InChI is InChI=1S/C18H29N3O3/c1-15(14-23-2)19-18(22)21-12-10-20(11-13-21)9-8-16-4-6-17(24-3)7-5-16/h4-7,15H,8-14H2,1-3H3,(H,19,22)/t15-/m1/s1. The summed E-state index contributed by atoms with van der Waals surface area (Å²) < 4.78 is 10.2. The molecule has 1 saturated heterocycles. The number of carbonyl (C=O) groups is 1. The minimum absolute atomic E-state index is 0.00866. The van der Waals surface area contributed by atoms with Gasteiger partial charge in [0.15, 0.2) is 0 Å². The minimum atomic E-state index is 0.00866. The number of nitrogens with one attached hydrogen (secondary N) is 1. The molecule has 0 saturated carbocycles. The van der Waals surface area contributed by atoms with Crippen molar-refractivity contribution in [3.8, 4) is 5.75 Å². The molecule has 0 unspecified atom stereocenters. The fourth-order valence-electron chi connectivity index (χ4n) is 2.85. The Morgan fingerprint density at radius 2 is 1.83 bits per heavy atom. The van der Waals surface area contributed by atoms with Crippen LogP contribution in [0.3, 0.4) is 0 Å².